The molecule has 1 atom stereocenters. The molecule has 29 heavy (non-hydrogen) atoms. The van der Waals surface area contributed by atoms with Crippen LogP contribution in [0.1, 0.15) is 41.4 Å². The van der Waals surface area contributed by atoms with Crippen LogP contribution in [0.25, 0.3) is 0 Å². The van der Waals surface area contributed by atoms with Crippen molar-refractivity contribution >= 4 is 28.2 Å². The second kappa shape index (κ2) is 9.97. The maximum absolute atomic E-state index is 12.4. The standard InChI is InChI=1S/C20H23N7OS/c1-26(10-4-8-21)19(28)17-14-29-20(24-17)25-18-7-2-6-16(23-18)15-5-3-11-27(13-15)12-9-22/h2,6-7,14-15H,3-5,10-13H2,1H3,(H,23,24,25). The van der Waals surface area contributed by atoms with E-state index in [1.165, 1.54) is 16.2 Å². The van der Waals surface area contributed by atoms with E-state index in [-0.39, 0.29) is 5.91 Å². The minimum absolute atomic E-state index is 0.203. The molecule has 9 heteroatoms. The number of amides is 1. The summed E-state index contributed by atoms with van der Waals surface area (Å²) in [7, 11) is 1.66. The number of carbonyl (C=O) groups excluding carboxylic acids is 1. The predicted molar refractivity (Wildman–Crippen MR) is 111 cm³/mol. The van der Waals surface area contributed by atoms with Gasteiger partial charge >= 0.3 is 0 Å². The van der Waals surface area contributed by atoms with Gasteiger partial charge in [0.15, 0.2) is 5.13 Å². The quantitative estimate of drug-likeness (QED) is 0.700. The minimum atomic E-state index is -0.203. The first kappa shape index (κ1) is 20.7. The lowest BCUT2D eigenvalue weighted by atomic mass is 9.94. The van der Waals surface area contributed by atoms with Gasteiger partial charge in [-0.05, 0) is 31.5 Å². The average molecular weight is 410 g/mol. The van der Waals surface area contributed by atoms with Gasteiger partial charge in [-0.15, -0.1) is 11.3 Å². The van der Waals surface area contributed by atoms with Crippen LogP contribution in [-0.4, -0.2) is 58.9 Å². The minimum Gasteiger partial charge on any atom is -0.339 e. The number of thiazole rings is 1. The summed E-state index contributed by atoms with van der Waals surface area (Å²) < 4.78 is 0. The third-order valence-corrected chi connectivity index (χ3v) is 5.61. The van der Waals surface area contributed by atoms with Gasteiger partial charge < -0.3 is 10.2 Å². The van der Waals surface area contributed by atoms with Crippen molar-refractivity contribution in [3.8, 4) is 12.1 Å². The van der Waals surface area contributed by atoms with Crippen LogP contribution >= 0.6 is 11.3 Å². The molecule has 1 fully saturated rings. The van der Waals surface area contributed by atoms with E-state index in [0.717, 1.165) is 31.6 Å². The van der Waals surface area contributed by atoms with Gasteiger partial charge in [0.25, 0.3) is 5.91 Å². The van der Waals surface area contributed by atoms with E-state index < -0.39 is 0 Å². The molecule has 0 aromatic carbocycles. The highest BCUT2D eigenvalue weighted by Gasteiger charge is 2.22. The van der Waals surface area contributed by atoms with Gasteiger partial charge in [0.05, 0.1) is 25.1 Å². The van der Waals surface area contributed by atoms with Gasteiger partial charge in [0.1, 0.15) is 11.5 Å². The van der Waals surface area contributed by atoms with Gasteiger partial charge in [-0.2, -0.15) is 10.5 Å². The van der Waals surface area contributed by atoms with Crippen molar-refractivity contribution in [2.75, 3.05) is 38.5 Å². The lowest BCUT2D eigenvalue weighted by molar-refractivity contribution is 0.0793. The molecule has 1 amide bonds. The number of nitrogens with zero attached hydrogens (tertiary/aromatic N) is 6. The Hall–Kier alpha value is -3.01. The highest BCUT2D eigenvalue weighted by molar-refractivity contribution is 7.14. The van der Waals surface area contributed by atoms with Crippen molar-refractivity contribution in [2.45, 2.75) is 25.2 Å². The Morgan fingerprint density at radius 3 is 3.03 bits per heavy atom. The van der Waals surface area contributed by atoms with Crippen LogP contribution < -0.4 is 5.32 Å². The van der Waals surface area contributed by atoms with Crippen LogP contribution in [0.5, 0.6) is 0 Å². The van der Waals surface area contributed by atoms with Crippen LogP contribution in [-0.2, 0) is 0 Å². The van der Waals surface area contributed by atoms with Crippen LogP contribution in [0.3, 0.4) is 0 Å². The number of rotatable bonds is 7. The van der Waals surface area contributed by atoms with Crippen molar-refractivity contribution in [1.29, 1.82) is 10.5 Å². The van der Waals surface area contributed by atoms with E-state index in [0.29, 0.717) is 42.1 Å². The number of nitriles is 2. The zero-order valence-corrected chi connectivity index (χ0v) is 17.2. The molecule has 150 valence electrons. The largest absolute Gasteiger partial charge is 0.339 e. The first-order valence-corrected chi connectivity index (χ1v) is 10.4. The maximum Gasteiger partial charge on any atom is 0.273 e. The molecular weight excluding hydrogens is 386 g/mol. The van der Waals surface area contributed by atoms with Crippen molar-refractivity contribution in [1.82, 2.24) is 19.8 Å². The van der Waals surface area contributed by atoms with Crippen LogP contribution in [0.4, 0.5) is 10.9 Å². The van der Waals surface area contributed by atoms with Gasteiger partial charge in [0.2, 0.25) is 0 Å². The fourth-order valence-electron chi connectivity index (χ4n) is 3.34. The van der Waals surface area contributed by atoms with Gasteiger partial charge in [-0.1, -0.05) is 6.07 Å². The Balaban J connectivity index is 1.65. The number of hydrogen-bond donors (Lipinski definition) is 1. The molecule has 3 heterocycles. The van der Waals surface area contributed by atoms with E-state index in [1.54, 1.807) is 12.4 Å². The smallest absolute Gasteiger partial charge is 0.273 e. The van der Waals surface area contributed by atoms with Crippen molar-refractivity contribution in [2.24, 2.45) is 0 Å². The number of anilines is 2. The lowest BCUT2D eigenvalue weighted by Gasteiger charge is -2.30. The molecule has 2 aromatic heterocycles. The second-order valence-corrected chi connectivity index (χ2v) is 7.84. The van der Waals surface area contributed by atoms with E-state index in [1.807, 2.05) is 24.3 Å². The Bertz CT molecular complexity index is 929. The molecule has 1 aliphatic rings. The number of pyridine rings is 1. The van der Waals surface area contributed by atoms with Gasteiger partial charge in [0, 0.05) is 37.1 Å². The highest BCUT2D eigenvalue weighted by atomic mass is 32.1. The molecule has 1 saturated heterocycles. The predicted octanol–water partition coefficient (Wildman–Crippen LogP) is 2.97. The number of aromatic nitrogens is 2. The molecule has 1 aliphatic heterocycles. The summed E-state index contributed by atoms with van der Waals surface area (Å²) in [6.07, 6.45) is 2.41. The molecule has 1 unspecified atom stereocenters. The Labute approximate surface area is 174 Å². The third-order valence-electron chi connectivity index (χ3n) is 4.85. The molecule has 0 radical (unpaired) electrons. The number of hydrogen-bond acceptors (Lipinski definition) is 8. The molecular formula is C20H23N7OS. The summed E-state index contributed by atoms with van der Waals surface area (Å²) in [6.45, 7) is 2.63. The number of piperidine rings is 1. The average Bonchev–Trinajstić information content (AvgIpc) is 3.20. The van der Waals surface area contributed by atoms with E-state index in [2.05, 4.69) is 21.3 Å². The summed E-state index contributed by atoms with van der Waals surface area (Å²) in [5.74, 6) is 0.790. The number of carbonyl (C=O) groups is 1. The number of nitrogens with one attached hydrogen (secondary N) is 1. The summed E-state index contributed by atoms with van der Waals surface area (Å²) in [4.78, 5) is 25.1. The van der Waals surface area contributed by atoms with Crippen molar-refractivity contribution in [3.05, 3.63) is 35.0 Å². The molecule has 0 aliphatic carbocycles. The fourth-order valence-corrected chi connectivity index (χ4v) is 4.03. The maximum atomic E-state index is 12.4. The van der Waals surface area contributed by atoms with Crippen molar-refractivity contribution < 1.29 is 4.79 Å². The van der Waals surface area contributed by atoms with E-state index >= 15 is 0 Å². The lowest BCUT2D eigenvalue weighted by Crippen LogP contribution is -2.34. The van der Waals surface area contributed by atoms with Crippen LogP contribution in [0, 0.1) is 22.7 Å². The molecule has 8 nitrogen and oxygen atoms in total. The first-order chi connectivity index (χ1) is 14.1. The van der Waals surface area contributed by atoms with Gasteiger partial charge in [-0.25, -0.2) is 9.97 Å². The van der Waals surface area contributed by atoms with Crippen LogP contribution in [0.2, 0.25) is 0 Å². The Morgan fingerprint density at radius 2 is 2.24 bits per heavy atom. The Morgan fingerprint density at radius 1 is 1.38 bits per heavy atom. The highest BCUT2D eigenvalue weighted by Crippen LogP contribution is 2.27. The monoisotopic (exact) mass is 409 g/mol. The molecule has 2 aromatic rings. The van der Waals surface area contributed by atoms with Crippen molar-refractivity contribution in [3.63, 3.8) is 0 Å². The summed E-state index contributed by atoms with van der Waals surface area (Å²) >= 11 is 1.34. The van der Waals surface area contributed by atoms with E-state index in [4.69, 9.17) is 15.5 Å². The zero-order valence-electron chi connectivity index (χ0n) is 16.3. The zero-order chi connectivity index (χ0) is 20.6. The van der Waals surface area contributed by atoms with Gasteiger partial charge in [-0.3, -0.25) is 9.69 Å². The molecule has 0 bridgehead atoms. The molecule has 0 saturated carbocycles. The molecule has 3 rings (SSSR count). The topological polar surface area (TPSA) is 109 Å². The second-order valence-electron chi connectivity index (χ2n) is 6.98. The fraction of sp³-hybridized carbons (Fsp3) is 0.450. The summed E-state index contributed by atoms with van der Waals surface area (Å²) in [5.41, 5.74) is 1.36. The van der Waals surface area contributed by atoms with E-state index in [9.17, 15) is 4.79 Å². The summed E-state index contributed by atoms with van der Waals surface area (Å²) in [6, 6.07) is 10.1. The molecule has 0 spiro atoms. The SMILES string of the molecule is CN(CCC#N)C(=O)c1csc(Nc2cccc(C3CCCN(CC#N)C3)n2)n1. The Kier molecular flexibility index (Phi) is 7.12. The summed E-state index contributed by atoms with van der Waals surface area (Å²) in [5, 5.41) is 23.1. The third kappa shape index (κ3) is 5.50. The number of likely N-dealkylation sites (tertiary alicyclic amines) is 1. The molecule has 1 N–H and O–H groups in total. The first-order valence-electron chi connectivity index (χ1n) is 9.52. The van der Waals surface area contributed by atoms with Crippen LogP contribution in [0.15, 0.2) is 23.6 Å². The normalized spacial score (nSPS) is 16.6.